The largest absolute Gasteiger partial charge is 0.479 e. The van der Waals surface area contributed by atoms with Crippen LogP contribution in [0.4, 0.5) is 19.1 Å². The molecule has 1 aliphatic carbocycles. The van der Waals surface area contributed by atoms with Gasteiger partial charge in [0.2, 0.25) is 11.8 Å². The van der Waals surface area contributed by atoms with Crippen molar-refractivity contribution in [2.24, 2.45) is 5.41 Å². The number of alkyl halides is 2. The number of aromatic nitrogens is 6. The summed E-state index contributed by atoms with van der Waals surface area (Å²) in [5, 5.41) is 15.6. The number of ether oxygens (including phenoxy) is 2. The predicted molar refractivity (Wildman–Crippen MR) is 126 cm³/mol. The minimum atomic E-state index is -2.98. The van der Waals surface area contributed by atoms with Gasteiger partial charge < -0.3 is 14.8 Å². The number of fused-ring (bicyclic) bond motifs is 2. The van der Waals surface area contributed by atoms with Crippen LogP contribution in [-0.4, -0.2) is 61.9 Å². The second-order valence-corrected chi connectivity index (χ2v) is 10.0. The van der Waals surface area contributed by atoms with Gasteiger partial charge in [0.05, 0.1) is 37.6 Å². The molecule has 1 saturated carbocycles. The van der Waals surface area contributed by atoms with Crippen molar-refractivity contribution in [1.82, 2.24) is 29.6 Å². The minimum absolute atomic E-state index is 0.206. The summed E-state index contributed by atoms with van der Waals surface area (Å²) in [6.45, 7) is 1.85. The first kappa shape index (κ1) is 23.0. The molecule has 0 bridgehead atoms. The Morgan fingerprint density at radius 2 is 2.03 bits per heavy atom. The SMILES string of the molecule is COc1nc(NC2CCC3(CC2)COC3)nn2cc(F)c(-c3ccc4nnn(CC(C)(F)F)c4c3)c12. The number of methoxy groups -OCH3 is 1. The number of hydrogen-bond donors (Lipinski definition) is 1. The van der Waals surface area contributed by atoms with Crippen molar-refractivity contribution in [3.8, 4) is 17.0 Å². The van der Waals surface area contributed by atoms with Gasteiger partial charge in [-0.3, -0.25) is 0 Å². The Kier molecular flexibility index (Phi) is 5.32. The molecule has 3 aromatic heterocycles. The van der Waals surface area contributed by atoms with Gasteiger partial charge in [-0.05, 0) is 43.4 Å². The molecule has 0 atom stereocenters. The van der Waals surface area contributed by atoms with Crippen molar-refractivity contribution in [3.63, 3.8) is 0 Å². The molecule has 0 amide bonds. The lowest BCUT2D eigenvalue weighted by Crippen LogP contribution is -2.47. The summed E-state index contributed by atoms with van der Waals surface area (Å²) in [6.07, 6.45) is 5.41. The van der Waals surface area contributed by atoms with E-state index in [1.165, 1.54) is 17.8 Å². The Hall–Kier alpha value is -3.41. The molecule has 1 aromatic carbocycles. The Bertz CT molecular complexity index is 1430. The maximum Gasteiger partial charge on any atom is 0.264 e. The van der Waals surface area contributed by atoms with E-state index >= 15 is 4.39 Å². The monoisotopic (exact) mass is 501 g/mol. The molecule has 36 heavy (non-hydrogen) atoms. The molecule has 4 heterocycles. The first-order valence-corrected chi connectivity index (χ1v) is 11.9. The van der Waals surface area contributed by atoms with E-state index in [2.05, 4.69) is 25.7 Å². The molecule has 2 fully saturated rings. The zero-order valence-electron chi connectivity index (χ0n) is 20.0. The van der Waals surface area contributed by atoms with Crippen LogP contribution in [0.5, 0.6) is 5.88 Å². The third kappa shape index (κ3) is 4.02. The van der Waals surface area contributed by atoms with Crippen molar-refractivity contribution in [1.29, 1.82) is 0 Å². The molecule has 4 aromatic rings. The highest BCUT2D eigenvalue weighted by atomic mass is 19.3. The zero-order valence-corrected chi connectivity index (χ0v) is 20.0. The minimum Gasteiger partial charge on any atom is -0.479 e. The standard InChI is InChI=1S/C24H26F3N7O2/c1-23(26,27)11-34-18-9-14(3-4-17(18)30-32-34)19-16(25)10-33-20(19)21(35-2)29-22(31-33)28-15-5-7-24(8-6-15)12-36-13-24/h3-4,9-10,15H,5-8,11-13H2,1-2H3,(H,28,31). The third-order valence-corrected chi connectivity index (χ3v) is 7.17. The van der Waals surface area contributed by atoms with E-state index in [0.717, 1.165) is 50.5 Å². The molecule has 9 nitrogen and oxygen atoms in total. The summed E-state index contributed by atoms with van der Waals surface area (Å²) >= 11 is 0. The lowest BCUT2D eigenvalue weighted by Gasteiger charge is -2.46. The van der Waals surface area contributed by atoms with Crippen molar-refractivity contribution in [2.45, 2.75) is 51.1 Å². The molecule has 12 heteroatoms. The summed E-state index contributed by atoms with van der Waals surface area (Å²) in [6, 6.07) is 5.09. The summed E-state index contributed by atoms with van der Waals surface area (Å²) in [7, 11) is 1.47. The smallest absolute Gasteiger partial charge is 0.264 e. The second kappa shape index (κ2) is 8.32. The van der Waals surface area contributed by atoms with Crippen molar-refractivity contribution in [2.75, 3.05) is 25.6 Å². The van der Waals surface area contributed by atoms with Crippen LogP contribution < -0.4 is 10.1 Å². The predicted octanol–water partition coefficient (Wildman–Crippen LogP) is 4.32. The van der Waals surface area contributed by atoms with Gasteiger partial charge in [0.25, 0.3) is 5.92 Å². The van der Waals surface area contributed by atoms with E-state index in [4.69, 9.17) is 9.47 Å². The Morgan fingerprint density at radius 3 is 2.69 bits per heavy atom. The molecule has 190 valence electrons. The van der Waals surface area contributed by atoms with Gasteiger partial charge in [0, 0.05) is 18.4 Å². The van der Waals surface area contributed by atoms with Gasteiger partial charge in [0.15, 0.2) is 5.82 Å². The van der Waals surface area contributed by atoms with Crippen LogP contribution >= 0.6 is 0 Å². The molecule has 0 unspecified atom stereocenters. The average molecular weight is 502 g/mol. The Balaban J connectivity index is 1.34. The van der Waals surface area contributed by atoms with E-state index in [0.29, 0.717) is 33.5 Å². The summed E-state index contributed by atoms with van der Waals surface area (Å²) < 4.78 is 56.0. The summed E-state index contributed by atoms with van der Waals surface area (Å²) in [5.74, 6) is -2.95. The number of halogens is 3. The van der Waals surface area contributed by atoms with Crippen molar-refractivity contribution >= 4 is 22.5 Å². The summed E-state index contributed by atoms with van der Waals surface area (Å²) in [5.41, 5.74) is 2.14. The van der Waals surface area contributed by atoms with Gasteiger partial charge >= 0.3 is 0 Å². The van der Waals surface area contributed by atoms with Gasteiger partial charge in [-0.1, -0.05) is 11.3 Å². The van der Waals surface area contributed by atoms with Crippen LogP contribution in [-0.2, 0) is 11.3 Å². The van der Waals surface area contributed by atoms with Gasteiger partial charge in [-0.25, -0.2) is 22.4 Å². The number of anilines is 1. The molecule has 1 aliphatic heterocycles. The van der Waals surface area contributed by atoms with Crippen molar-refractivity contribution < 1.29 is 22.6 Å². The quantitative estimate of drug-likeness (QED) is 0.421. The van der Waals surface area contributed by atoms with Crippen LogP contribution in [0.1, 0.15) is 32.6 Å². The van der Waals surface area contributed by atoms with Gasteiger partial charge in [-0.15, -0.1) is 10.2 Å². The Labute approximate surface area is 204 Å². The van der Waals surface area contributed by atoms with Gasteiger partial charge in [-0.2, -0.15) is 4.98 Å². The fraction of sp³-hybridized carbons (Fsp3) is 0.500. The fourth-order valence-electron chi connectivity index (χ4n) is 5.24. The van der Waals surface area contributed by atoms with Crippen molar-refractivity contribution in [3.05, 3.63) is 30.2 Å². The Morgan fingerprint density at radius 1 is 1.25 bits per heavy atom. The molecule has 1 N–H and O–H groups in total. The first-order chi connectivity index (χ1) is 17.2. The zero-order chi connectivity index (χ0) is 25.1. The van der Waals surface area contributed by atoms with E-state index in [-0.39, 0.29) is 17.5 Å². The number of hydrogen-bond acceptors (Lipinski definition) is 7. The lowest BCUT2D eigenvalue weighted by molar-refractivity contribution is -0.131. The molecule has 0 radical (unpaired) electrons. The number of rotatable bonds is 6. The van der Waals surface area contributed by atoms with Crippen LogP contribution in [0.25, 0.3) is 27.7 Å². The van der Waals surface area contributed by atoms with Crippen LogP contribution in [0, 0.1) is 11.2 Å². The van der Waals surface area contributed by atoms with E-state index in [1.54, 1.807) is 18.2 Å². The van der Waals surface area contributed by atoms with Crippen LogP contribution in [0.2, 0.25) is 0 Å². The van der Waals surface area contributed by atoms with E-state index in [1.807, 2.05) is 0 Å². The topological polar surface area (TPSA) is 91.4 Å². The van der Waals surface area contributed by atoms with Crippen LogP contribution in [0.15, 0.2) is 24.4 Å². The fourth-order valence-corrected chi connectivity index (χ4v) is 5.24. The maximum atomic E-state index is 15.3. The lowest BCUT2D eigenvalue weighted by atomic mass is 9.71. The molecule has 1 spiro atoms. The average Bonchev–Trinajstić information content (AvgIpc) is 3.36. The molecule has 6 rings (SSSR count). The van der Waals surface area contributed by atoms with E-state index in [9.17, 15) is 8.78 Å². The number of nitrogens with zero attached hydrogens (tertiary/aromatic N) is 6. The number of nitrogens with one attached hydrogen (secondary N) is 1. The highest BCUT2D eigenvalue weighted by molar-refractivity contribution is 5.89. The molecular formula is C24H26F3N7O2. The van der Waals surface area contributed by atoms with E-state index < -0.39 is 18.3 Å². The van der Waals surface area contributed by atoms with Gasteiger partial charge in [0.1, 0.15) is 17.6 Å². The third-order valence-electron chi connectivity index (χ3n) is 7.17. The molecule has 1 saturated heterocycles. The first-order valence-electron chi connectivity index (χ1n) is 11.9. The second-order valence-electron chi connectivity index (χ2n) is 10.0. The maximum absolute atomic E-state index is 15.3. The summed E-state index contributed by atoms with van der Waals surface area (Å²) in [4.78, 5) is 4.52. The molecular weight excluding hydrogens is 475 g/mol. The number of benzene rings is 1. The highest BCUT2D eigenvalue weighted by Crippen LogP contribution is 2.43. The molecule has 2 aliphatic rings. The van der Waals surface area contributed by atoms with Crippen LogP contribution in [0.3, 0.4) is 0 Å². The highest BCUT2D eigenvalue weighted by Gasteiger charge is 2.41. The normalized spacial score (nSPS) is 18.1.